The molecule has 98 valence electrons. The molecule has 4 heteroatoms. The second-order valence-corrected chi connectivity index (χ2v) is 5.37. The fourth-order valence-electron chi connectivity index (χ4n) is 1.72. The molecule has 1 aliphatic rings. The number of carbonyl (C=O) groups is 1. The summed E-state index contributed by atoms with van der Waals surface area (Å²) in [6, 6.07) is 8.26. The third-order valence-corrected chi connectivity index (χ3v) is 3.53. The molecule has 2 rings (SSSR count). The van der Waals surface area contributed by atoms with E-state index in [0.29, 0.717) is 6.04 Å². The molecule has 0 bridgehead atoms. The molecule has 1 aliphatic carbocycles. The van der Waals surface area contributed by atoms with Crippen molar-refractivity contribution in [3.05, 3.63) is 24.3 Å². The molecule has 1 saturated carbocycles. The van der Waals surface area contributed by atoms with Crippen LogP contribution in [0.25, 0.3) is 0 Å². The first-order valence-electron chi connectivity index (χ1n) is 6.35. The summed E-state index contributed by atoms with van der Waals surface area (Å²) in [5.41, 5.74) is 7.13. The monoisotopic (exact) mass is 247 g/mol. The second kappa shape index (κ2) is 4.61. The Labute approximate surface area is 108 Å². The molecular weight excluding hydrogens is 226 g/mol. The average Bonchev–Trinajstić information content (AvgIpc) is 3.08. The molecule has 3 N–H and O–H groups in total. The molecular formula is C14H21N3O. The molecule has 0 heterocycles. The molecule has 0 aliphatic heterocycles. The number of hydrogen-bond acceptors (Lipinski definition) is 3. The molecule has 0 spiro atoms. The number of nitrogens with zero attached hydrogens (tertiary/aromatic N) is 1. The van der Waals surface area contributed by atoms with E-state index in [0.717, 1.165) is 24.2 Å². The minimum atomic E-state index is -0.625. The zero-order chi connectivity index (χ0) is 13.3. The molecule has 18 heavy (non-hydrogen) atoms. The van der Waals surface area contributed by atoms with Crippen molar-refractivity contribution in [3.8, 4) is 0 Å². The van der Waals surface area contributed by atoms with Crippen LogP contribution >= 0.6 is 0 Å². The minimum absolute atomic E-state index is 0.0770. The Kier molecular flexibility index (Phi) is 3.30. The molecule has 0 radical (unpaired) electrons. The van der Waals surface area contributed by atoms with Gasteiger partial charge in [0.2, 0.25) is 5.91 Å². The Morgan fingerprint density at radius 1 is 1.44 bits per heavy atom. The number of carbonyl (C=O) groups excluding carboxylic acids is 1. The van der Waals surface area contributed by atoms with Crippen molar-refractivity contribution in [1.82, 2.24) is 0 Å². The van der Waals surface area contributed by atoms with E-state index in [4.69, 9.17) is 5.73 Å². The van der Waals surface area contributed by atoms with E-state index in [9.17, 15) is 4.79 Å². The summed E-state index contributed by atoms with van der Waals surface area (Å²) in [5.74, 6) is -0.0770. The number of benzene rings is 1. The summed E-state index contributed by atoms with van der Waals surface area (Å²) < 4.78 is 0. The number of anilines is 2. The van der Waals surface area contributed by atoms with Crippen LogP contribution in [-0.2, 0) is 4.79 Å². The van der Waals surface area contributed by atoms with E-state index in [2.05, 4.69) is 24.1 Å². The fourth-order valence-corrected chi connectivity index (χ4v) is 1.72. The molecule has 4 nitrogen and oxygen atoms in total. The summed E-state index contributed by atoms with van der Waals surface area (Å²) in [4.78, 5) is 14.0. The van der Waals surface area contributed by atoms with Crippen molar-refractivity contribution >= 4 is 17.3 Å². The van der Waals surface area contributed by atoms with Gasteiger partial charge < -0.3 is 16.0 Å². The number of nitrogens with one attached hydrogen (secondary N) is 1. The highest BCUT2D eigenvalue weighted by molar-refractivity contribution is 6.00. The van der Waals surface area contributed by atoms with Gasteiger partial charge in [-0.15, -0.1) is 0 Å². The highest BCUT2D eigenvalue weighted by Gasteiger charge is 2.45. The van der Waals surface area contributed by atoms with Gasteiger partial charge in [-0.3, -0.25) is 4.79 Å². The highest BCUT2D eigenvalue weighted by Crippen LogP contribution is 2.33. The average molecular weight is 247 g/mol. The van der Waals surface area contributed by atoms with Crippen molar-refractivity contribution < 1.29 is 4.79 Å². The lowest BCUT2D eigenvalue weighted by Crippen LogP contribution is -2.37. The van der Waals surface area contributed by atoms with Gasteiger partial charge in [0, 0.05) is 24.5 Å². The quantitative estimate of drug-likeness (QED) is 0.855. The van der Waals surface area contributed by atoms with Crippen LogP contribution in [0.2, 0.25) is 0 Å². The predicted octanol–water partition coefficient (Wildman–Crippen LogP) is 1.96. The van der Waals surface area contributed by atoms with E-state index >= 15 is 0 Å². The number of amides is 1. The third-order valence-electron chi connectivity index (χ3n) is 3.53. The molecule has 1 aromatic rings. The molecule has 0 aromatic heterocycles. The lowest BCUT2D eigenvalue weighted by molar-refractivity contribution is -0.118. The van der Waals surface area contributed by atoms with E-state index in [-0.39, 0.29) is 5.91 Å². The van der Waals surface area contributed by atoms with E-state index in [1.54, 1.807) is 0 Å². The van der Waals surface area contributed by atoms with Crippen LogP contribution < -0.4 is 16.0 Å². The van der Waals surface area contributed by atoms with Crippen LogP contribution in [0.15, 0.2) is 24.3 Å². The Morgan fingerprint density at radius 3 is 2.67 bits per heavy atom. The first kappa shape index (κ1) is 12.9. The van der Waals surface area contributed by atoms with Gasteiger partial charge in [0.15, 0.2) is 0 Å². The van der Waals surface area contributed by atoms with Gasteiger partial charge in [-0.2, -0.15) is 0 Å². The normalized spacial score (nSPS) is 16.5. The zero-order valence-electron chi connectivity index (χ0n) is 11.2. The van der Waals surface area contributed by atoms with E-state index < -0.39 is 5.54 Å². The Balaban J connectivity index is 2.10. The standard InChI is InChI=1S/C14H21N3O/c1-10(2)17(3)12-6-4-5-11(9-12)16-13(18)14(15)7-8-14/h4-6,9-10H,7-8,15H2,1-3H3,(H,16,18). The largest absolute Gasteiger partial charge is 0.372 e. The van der Waals surface area contributed by atoms with Gasteiger partial charge in [-0.1, -0.05) is 6.07 Å². The first-order chi connectivity index (χ1) is 8.42. The number of nitrogens with two attached hydrogens (primary N) is 1. The van der Waals surface area contributed by atoms with Crippen LogP contribution in [0.5, 0.6) is 0 Å². The maximum atomic E-state index is 11.9. The van der Waals surface area contributed by atoms with Gasteiger partial charge >= 0.3 is 0 Å². The van der Waals surface area contributed by atoms with Crippen LogP contribution in [0.1, 0.15) is 26.7 Å². The zero-order valence-corrected chi connectivity index (χ0v) is 11.2. The van der Waals surface area contributed by atoms with Gasteiger partial charge in [-0.25, -0.2) is 0 Å². The summed E-state index contributed by atoms with van der Waals surface area (Å²) in [6.45, 7) is 4.26. The number of hydrogen-bond donors (Lipinski definition) is 2. The predicted molar refractivity (Wildman–Crippen MR) is 74.8 cm³/mol. The van der Waals surface area contributed by atoms with Crippen molar-refractivity contribution in [3.63, 3.8) is 0 Å². The molecule has 0 atom stereocenters. The summed E-state index contributed by atoms with van der Waals surface area (Å²) >= 11 is 0. The maximum absolute atomic E-state index is 11.9. The number of rotatable bonds is 4. The van der Waals surface area contributed by atoms with Gasteiger partial charge in [0.1, 0.15) is 0 Å². The minimum Gasteiger partial charge on any atom is -0.372 e. The first-order valence-corrected chi connectivity index (χ1v) is 6.35. The Hall–Kier alpha value is -1.55. The van der Waals surface area contributed by atoms with Crippen LogP contribution in [0, 0.1) is 0 Å². The highest BCUT2D eigenvalue weighted by atomic mass is 16.2. The molecule has 1 fully saturated rings. The summed E-state index contributed by atoms with van der Waals surface area (Å²) in [7, 11) is 2.04. The lowest BCUT2D eigenvalue weighted by Gasteiger charge is -2.24. The van der Waals surface area contributed by atoms with Gasteiger partial charge in [0.05, 0.1) is 5.54 Å². The smallest absolute Gasteiger partial charge is 0.244 e. The Morgan fingerprint density at radius 2 is 2.11 bits per heavy atom. The molecule has 1 amide bonds. The molecule has 1 aromatic carbocycles. The Bertz CT molecular complexity index is 452. The van der Waals surface area contributed by atoms with E-state index in [1.807, 2.05) is 31.3 Å². The van der Waals surface area contributed by atoms with Gasteiger partial charge in [-0.05, 0) is 44.9 Å². The van der Waals surface area contributed by atoms with Crippen molar-refractivity contribution in [2.24, 2.45) is 5.73 Å². The van der Waals surface area contributed by atoms with Crippen molar-refractivity contribution in [2.45, 2.75) is 38.3 Å². The maximum Gasteiger partial charge on any atom is 0.244 e. The topological polar surface area (TPSA) is 58.4 Å². The fraction of sp³-hybridized carbons (Fsp3) is 0.500. The van der Waals surface area contributed by atoms with Crippen LogP contribution in [-0.4, -0.2) is 24.5 Å². The van der Waals surface area contributed by atoms with Crippen LogP contribution in [0.4, 0.5) is 11.4 Å². The molecule has 0 saturated heterocycles. The van der Waals surface area contributed by atoms with Crippen molar-refractivity contribution in [2.75, 3.05) is 17.3 Å². The molecule has 0 unspecified atom stereocenters. The van der Waals surface area contributed by atoms with E-state index in [1.165, 1.54) is 0 Å². The van der Waals surface area contributed by atoms with Gasteiger partial charge in [0.25, 0.3) is 0 Å². The van der Waals surface area contributed by atoms with Crippen molar-refractivity contribution in [1.29, 1.82) is 0 Å². The lowest BCUT2D eigenvalue weighted by atomic mass is 10.2. The SMILES string of the molecule is CC(C)N(C)c1cccc(NC(=O)C2(N)CC2)c1. The third kappa shape index (κ3) is 2.64. The summed E-state index contributed by atoms with van der Waals surface area (Å²) in [5, 5.41) is 2.89. The van der Waals surface area contributed by atoms with Crippen LogP contribution in [0.3, 0.4) is 0 Å². The second-order valence-electron chi connectivity index (χ2n) is 5.37. The summed E-state index contributed by atoms with van der Waals surface area (Å²) in [6.07, 6.45) is 1.56.